The monoisotopic (exact) mass is 311 g/mol. The van der Waals surface area contributed by atoms with Crippen LogP contribution in [-0.2, 0) is 6.54 Å². The second kappa shape index (κ2) is 5.52. The van der Waals surface area contributed by atoms with Crippen molar-refractivity contribution < 1.29 is 4.39 Å². The number of anilines is 2. The number of nitrogens with one attached hydrogen (secondary N) is 1. The van der Waals surface area contributed by atoms with Gasteiger partial charge >= 0.3 is 0 Å². The molecule has 0 aliphatic heterocycles. The Kier molecular flexibility index (Phi) is 4.01. The quantitative estimate of drug-likeness (QED) is 0.915. The highest BCUT2D eigenvalue weighted by atomic mass is 79.9. The van der Waals surface area contributed by atoms with E-state index in [9.17, 15) is 4.39 Å². The number of aromatic nitrogens is 2. The van der Waals surface area contributed by atoms with Crippen molar-refractivity contribution in [2.24, 2.45) is 0 Å². The van der Waals surface area contributed by atoms with Gasteiger partial charge in [-0.3, -0.25) is 0 Å². The number of imidazole rings is 1. The highest BCUT2D eigenvalue weighted by molar-refractivity contribution is 9.10. The van der Waals surface area contributed by atoms with E-state index in [1.165, 1.54) is 6.07 Å². The Labute approximate surface area is 114 Å². The molecule has 96 valence electrons. The Hall–Kier alpha value is -1.36. The Morgan fingerprint density at radius 2 is 2.22 bits per heavy atom. The maximum Gasteiger partial charge on any atom is 0.207 e. The summed E-state index contributed by atoms with van der Waals surface area (Å²) in [6.45, 7) is 4.94. The number of hydrogen-bond acceptors (Lipinski definition) is 2. The van der Waals surface area contributed by atoms with E-state index in [1.807, 2.05) is 23.8 Å². The number of hydrogen-bond donors (Lipinski definition) is 1. The van der Waals surface area contributed by atoms with Gasteiger partial charge in [-0.05, 0) is 47.5 Å². The minimum Gasteiger partial charge on any atom is -0.326 e. The SMILES string of the molecule is CCCn1cc(C)nc1Nc1ccc(Br)c(F)c1. The first-order valence-electron chi connectivity index (χ1n) is 5.86. The first kappa shape index (κ1) is 13.1. The topological polar surface area (TPSA) is 29.9 Å². The van der Waals surface area contributed by atoms with Crippen LogP contribution < -0.4 is 5.32 Å². The largest absolute Gasteiger partial charge is 0.326 e. The van der Waals surface area contributed by atoms with Crippen LogP contribution >= 0.6 is 15.9 Å². The minimum atomic E-state index is -0.287. The van der Waals surface area contributed by atoms with E-state index in [1.54, 1.807) is 6.07 Å². The lowest BCUT2D eigenvalue weighted by Gasteiger charge is -2.09. The maximum absolute atomic E-state index is 13.4. The van der Waals surface area contributed by atoms with E-state index >= 15 is 0 Å². The van der Waals surface area contributed by atoms with E-state index in [0.29, 0.717) is 10.2 Å². The van der Waals surface area contributed by atoms with Crippen LogP contribution in [0.1, 0.15) is 19.0 Å². The lowest BCUT2D eigenvalue weighted by atomic mass is 10.3. The molecule has 0 aliphatic carbocycles. The number of rotatable bonds is 4. The van der Waals surface area contributed by atoms with Gasteiger partial charge in [-0.15, -0.1) is 0 Å². The molecule has 18 heavy (non-hydrogen) atoms. The first-order valence-corrected chi connectivity index (χ1v) is 6.65. The normalized spacial score (nSPS) is 10.7. The van der Waals surface area contributed by atoms with Crippen LogP contribution in [0.15, 0.2) is 28.9 Å². The zero-order chi connectivity index (χ0) is 13.1. The second-order valence-corrected chi connectivity index (χ2v) is 5.01. The van der Waals surface area contributed by atoms with Crippen molar-refractivity contribution in [2.75, 3.05) is 5.32 Å². The zero-order valence-electron chi connectivity index (χ0n) is 10.4. The van der Waals surface area contributed by atoms with Gasteiger partial charge in [-0.25, -0.2) is 9.37 Å². The molecule has 1 aromatic carbocycles. The van der Waals surface area contributed by atoms with E-state index in [-0.39, 0.29) is 5.82 Å². The third-order valence-corrected chi connectivity index (χ3v) is 3.18. The molecule has 0 saturated heterocycles. The Morgan fingerprint density at radius 1 is 1.44 bits per heavy atom. The molecule has 0 amide bonds. The van der Waals surface area contributed by atoms with Gasteiger partial charge in [0, 0.05) is 18.4 Å². The van der Waals surface area contributed by atoms with E-state index in [4.69, 9.17) is 0 Å². The molecule has 0 aliphatic rings. The third-order valence-electron chi connectivity index (χ3n) is 2.54. The third kappa shape index (κ3) is 2.90. The molecular formula is C13H15BrFN3. The Bertz CT molecular complexity index is 551. The van der Waals surface area contributed by atoms with E-state index in [2.05, 4.69) is 33.2 Å². The van der Waals surface area contributed by atoms with Crippen molar-refractivity contribution in [3.63, 3.8) is 0 Å². The predicted molar refractivity (Wildman–Crippen MR) is 74.6 cm³/mol. The minimum absolute atomic E-state index is 0.287. The molecule has 0 radical (unpaired) electrons. The van der Waals surface area contributed by atoms with Crippen molar-refractivity contribution in [1.29, 1.82) is 0 Å². The number of aryl methyl sites for hydroxylation is 2. The van der Waals surface area contributed by atoms with Crippen molar-refractivity contribution in [2.45, 2.75) is 26.8 Å². The van der Waals surface area contributed by atoms with Gasteiger partial charge in [0.25, 0.3) is 0 Å². The fourth-order valence-electron chi connectivity index (χ4n) is 1.76. The fraction of sp³-hybridized carbons (Fsp3) is 0.308. The van der Waals surface area contributed by atoms with Crippen LogP contribution in [0, 0.1) is 12.7 Å². The summed E-state index contributed by atoms with van der Waals surface area (Å²) in [5.74, 6) is 0.460. The standard InChI is InChI=1S/C13H15BrFN3/c1-3-6-18-8-9(2)16-13(18)17-10-4-5-11(14)12(15)7-10/h4-5,7-8H,3,6H2,1-2H3,(H,16,17). The molecule has 2 rings (SSSR count). The van der Waals surface area contributed by atoms with E-state index in [0.717, 1.165) is 24.6 Å². The van der Waals surface area contributed by atoms with Crippen LogP contribution in [0.25, 0.3) is 0 Å². The number of benzene rings is 1. The average Bonchev–Trinajstić information content (AvgIpc) is 2.65. The molecule has 1 aromatic heterocycles. The summed E-state index contributed by atoms with van der Waals surface area (Å²) in [5.41, 5.74) is 1.64. The molecule has 0 fully saturated rings. The summed E-state index contributed by atoms with van der Waals surface area (Å²) in [5, 5.41) is 3.14. The van der Waals surface area contributed by atoms with Gasteiger partial charge in [0.15, 0.2) is 0 Å². The molecule has 0 atom stereocenters. The van der Waals surface area contributed by atoms with Gasteiger partial charge in [0.2, 0.25) is 5.95 Å². The molecule has 0 bridgehead atoms. The molecule has 0 unspecified atom stereocenters. The smallest absolute Gasteiger partial charge is 0.207 e. The van der Waals surface area contributed by atoms with Gasteiger partial charge in [-0.1, -0.05) is 6.92 Å². The summed E-state index contributed by atoms with van der Waals surface area (Å²) in [6.07, 6.45) is 3.01. The van der Waals surface area contributed by atoms with Crippen LogP contribution in [0.5, 0.6) is 0 Å². The molecule has 2 aromatic rings. The first-order chi connectivity index (χ1) is 8.60. The predicted octanol–water partition coefficient (Wildman–Crippen LogP) is 4.25. The summed E-state index contributed by atoms with van der Waals surface area (Å²) in [4.78, 5) is 4.39. The average molecular weight is 312 g/mol. The second-order valence-electron chi connectivity index (χ2n) is 4.15. The molecule has 1 heterocycles. The highest BCUT2D eigenvalue weighted by Crippen LogP contribution is 2.22. The van der Waals surface area contributed by atoms with Crippen LogP contribution in [0.3, 0.4) is 0 Å². The number of nitrogens with zero attached hydrogens (tertiary/aromatic N) is 2. The lowest BCUT2D eigenvalue weighted by Crippen LogP contribution is -2.02. The maximum atomic E-state index is 13.4. The molecule has 3 nitrogen and oxygen atoms in total. The lowest BCUT2D eigenvalue weighted by molar-refractivity contribution is 0.621. The number of halogens is 2. The summed E-state index contributed by atoms with van der Waals surface area (Å²) >= 11 is 3.13. The summed E-state index contributed by atoms with van der Waals surface area (Å²) in [7, 11) is 0. The van der Waals surface area contributed by atoms with Crippen LogP contribution in [0.4, 0.5) is 16.0 Å². The molecule has 1 N–H and O–H groups in total. The van der Waals surface area contributed by atoms with Gasteiger partial charge in [-0.2, -0.15) is 0 Å². The van der Waals surface area contributed by atoms with Gasteiger partial charge in [0.1, 0.15) is 5.82 Å². The van der Waals surface area contributed by atoms with Gasteiger partial charge in [0.05, 0.1) is 10.2 Å². The molecule has 5 heteroatoms. The highest BCUT2D eigenvalue weighted by Gasteiger charge is 2.06. The van der Waals surface area contributed by atoms with Gasteiger partial charge < -0.3 is 9.88 Å². The van der Waals surface area contributed by atoms with Crippen molar-refractivity contribution in [3.8, 4) is 0 Å². The Balaban J connectivity index is 2.24. The van der Waals surface area contributed by atoms with E-state index < -0.39 is 0 Å². The fourth-order valence-corrected chi connectivity index (χ4v) is 2.01. The van der Waals surface area contributed by atoms with Crippen LogP contribution in [-0.4, -0.2) is 9.55 Å². The van der Waals surface area contributed by atoms with Crippen molar-refractivity contribution >= 4 is 27.6 Å². The summed E-state index contributed by atoms with van der Waals surface area (Å²) in [6, 6.07) is 4.94. The molecular weight excluding hydrogens is 297 g/mol. The molecule has 0 spiro atoms. The van der Waals surface area contributed by atoms with Crippen LogP contribution in [0.2, 0.25) is 0 Å². The summed E-state index contributed by atoms with van der Waals surface area (Å²) < 4.78 is 15.9. The van der Waals surface area contributed by atoms with Crippen molar-refractivity contribution in [3.05, 3.63) is 40.4 Å². The molecule has 0 saturated carbocycles. The zero-order valence-corrected chi connectivity index (χ0v) is 12.0. The van der Waals surface area contributed by atoms with Crippen molar-refractivity contribution in [1.82, 2.24) is 9.55 Å². The Morgan fingerprint density at radius 3 is 2.89 bits per heavy atom.